The lowest BCUT2D eigenvalue weighted by Gasteiger charge is -2.42. The van der Waals surface area contributed by atoms with Gasteiger partial charge in [-0.15, -0.1) is 0 Å². The first-order chi connectivity index (χ1) is 19.9. The van der Waals surface area contributed by atoms with E-state index in [0.717, 1.165) is 11.1 Å². The molecule has 0 heterocycles. The smallest absolute Gasteiger partial charge is 0.338 e. The third-order valence-corrected chi connectivity index (χ3v) is 9.70. The molecule has 0 aromatic heterocycles. The maximum atomic E-state index is 15.1. The Morgan fingerprint density at radius 1 is 0.561 bits per heavy atom. The molecule has 0 spiro atoms. The highest BCUT2D eigenvalue weighted by Crippen LogP contribution is 2.57. The third-order valence-electron chi connectivity index (χ3n) is 7.24. The van der Waals surface area contributed by atoms with Crippen molar-refractivity contribution < 1.29 is 18.6 Å². The molecule has 5 heteroatoms. The summed E-state index contributed by atoms with van der Waals surface area (Å²) in [5.74, 6) is -0.436. The lowest BCUT2D eigenvalue weighted by Crippen LogP contribution is -2.35. The van der Waals surface area contributed by atoms with Crippen LogP contribution >= 0.6 is 7.37 Å². The highest BCUT2D eigenvalue weighted by molar-refractivity contribution is 7.74. The number of carbonyl (C=O) groups is 1. The number of benzene rings is 5. The predicted octanol–water partition coefficient (Wildman–Crippen LogP) is 8.30. The molecule has 0 radical (unpaired) electrons. The molecule has 0 fully saturated rings. The minimum absolute atomic E-state index is 0.436. The molecule has 0 saturated heterocycles. The van der Waals surface area contributed by atoms with E-state index in [0.29, 0.717) is 16.2 Å². The first kappa shape index (κ1) is 28.3. The van der Waals surface area contributed by atoms with Gasteiger partial charge in [0, 0.05) is 16.0 Å². The van der Waals surface area contributed by atoms with Gasteiger partial charge in [-0.25, -0.2) is 4.79 Å². The number of hydrogen-bond acceptors (Lipinski definition) is 4. The van der Waals surface area contributed by atoms with E-state index in [1.54, 1.807) is 12.1 Å². The summed E-state index contributed by atoms with van der Waals surface area (Å²) in [4.78, 5) is 13.4. The molecule has 41 heavy (non-hydrogen) atoms. The van der Waals surface area contributed by atoms with Crippen LogP contribution in [0.25, 0.3) is 0 Å². The highest BCUT2D eigenvalue weighted by Gasteiger charge is 2.46. The summed E-state index contributed by atoms with van der Waals surface area (Å²) in [5.41, 5.74) is 1.24. The van der Waals surface area contributed by atoms with E-state index in [4.69, 9.17) is 9.26 Å². The van der Waals surface area contributed by atoms with Gasteiger partial charge in [-0.1, -0.05) is 129 Å². The van der Waals surface area contributed by atoms with Crippen LogP contribution in [0.1, 0.15) is 47.5 Å². The van der Waals surface area contributed by atoms with Crippen LogP contribution in [0, 0.1) is 5.41 Å². The molecule has 4 nitrogen and oxygen atoms in total. The molecule has 5 aromatic rings. The quantitative estimate of drug-likeness (QED) is 0.127. The number of esters is 1. The molecule has 0 aliphatic carbocycles. The van der Waals surface area contributed by atoms with E-state index < -0.39 is 31.0 Å². The summed E-state index contributed by atoms with van der Waals surface area (Å²) in [7, 11) is -3.61. The highest BCUT2D eigenvalue weighted by atomic mass is 31.2. The zero-order valence-electron chi connectivity index (χ0n) is 23.2. The maximum absolute atomic E-state index is 15.1. The molecule has 0 amide bonds. The van der Waals surface area contributed by atoms with E-state index in [2.05, 4.69) is 0 Å². The van der Waals surface area contributed by atoms with Crippen molar-refractivity contribution in [3.8, 4) is 0 Å². The summed E-state index contributed by atoms with van der Waals surface area (Å²) in [6.07, 6.45) is -1.44. The molecule has 0 aliphatic heterocycles. The summed E-state index contributed by atoms with van der Waals surface area (Å²) in [6, 6.07) is 47.0. The van der Waals surface area contributed by atoms with Crippen molar-refractivity contribution >= 4 is 23.9 Å². The minimum atomic E-state index is -3.61. The van der Waals surface area contributed by atoms with Gasteiger partial charge in [0.05, 0.1) is 11.7 Å². The van der Waals surface area contributed by atoms with Gasteiger partial charge < -0.3 is 9.26 Å². The minimum Gasteiger partial charge on any atom is -0.453 e. The average molecular weight is 561 g/mol. The number of hydrogen-bond donors (Lipinski definition) is 0. The van der Waals surface area contributed by atoms with E-state index in [-0.39, 0.29) is 0 Å². The molecule has 206 valence electrons. The average Bonchev–Trinajstić information content (AvgIpc) is 3.04. The molecule has 2 atom stereocenters. The fourth-order valence-corrected chi connectivity index (χ4v) is 7.45. The fraction of sp³-hybridized carbons (Fsp3) is 0.139. The zero-order chi connectivity index (χ0) is 28.7. The van der Waals surface area contributed by atoms with Crippen molar-refractivity contribution in [2.75, 3.05) is 0 Å². The van der Waals surface area contributed by atoms with Crippen molar-refractivity contribution in [1.29, 1.82) is 0 Å². The lowest BCUT2D eigenvalue weighted by atomic mass is 9.75. The molecular formula is C36H33O4P. The maximum Gasteiger partial charge on any atom is 0.338 e. The first-order valence-electron chi connectivity index (χ1n) is 13.7. The molecule has 0 saturated carbocycles. The van der Waals surface area contributed by atoms with Crippen LogP contribution in [0.2, 0.25) is 0 Å². The van der Waals surface area contributed by atoms with Gasteiger partial charge in [0.25, 0.3) is 7.37 Å². The van der Waals surface area contributed by atoms with Gasteiger partial charge in [-0.05, 0) is 47.5 Å². The van der Waals surface area contributed by atoms with Gasteiger partial charge >= 0.3 is 5.97 Å². The van der Waals surface area contributed by atoms with Gasteiger partial charge in [0.2, 0.25) is 0 Å². The van der Waals surface area contributed by atoms with E-state index >= 15 is 4.57 Å². The van der Waals surface area contributed by atoms with Crippen LogP contribution in [0.5, 0.6) is 0 Å². The second kappa shape index (κ2) is 12.5. The normalized spacial score (nSPS) is 13.2. The van der Waals surface area contributed by atoms with E-state index in [9.17, 15) is 4.79 Å². The molecule has 0 bridgehead atoms. The van der Waals surface area contributed by atoms with Crippen LogP contribution in [0.3, 0.4) is 0 Å². The van der Waals surface area contributed by atoms with Gasteiger partial charge in [-0.3, -0.25) is 4.57 Å². The predicted molar refractivity (Wildman–Crippen MR) is 165 cm³/mol. The Morgan fingerprint density at radius 2 is 0.927 bits per heavy atom. The summed E-state index contributed by atoms with van der Waals surface area (Å²) in [6.45, 7) is 4.00. The summed E-state index contributed by atoms with van der Waals surface area (Å²) < 4.78 is 28.3. The zero-order valence-corrected chi connectivity index (χ0v) is 24.1. The fourth-order valence-electron chi connectivity index (χ4n) is 5.09. The van der Waals surface area contributed by atoms with Crippen molar-refractivity contribution in [3.05, 3.63) is 168 Å². The van der Waals surface area contributed by atoms with Gasteiger partial charge in [0.1, 0.15) is 6.10 Å². The van der Waals surface area contributed by atoms with Crippen molar-refractivity contribution in [2.24, 2.45) is 5.41 Å². The monoisotopic (exact) mass is 560 g/mol. The Labute approximate surface area is 242 Å². The van der Waals surface area contributed by atoms with Gasteiger partial charge in [-0.2, -0.15) is 0 Å². The Kier molecular flexibility index (Phi) is 8.64. The largest absolute Gasteiger partial charge is 0.453 e. The second-order valence-electron chi connectivity index (χ2n) is 10.5. The Bertz CT molecular complexity index is 1550. The molecule has 5 rings (SSSR count). The van der Waals surface area contributed by atoms with Crippen molar-refractivity contribution in [2.45, 2.75) is 26.1 Å². The van der Waals surface area contributed by atoms with Gasteiger partial charge in [0.15, 0.2) is 0 Å². The Hall–Kier alpha value is -4.24. The topological polar surface area (TPSA) is 52.6 Å². The first-order valence-corrected chi connectivity index (χ1v) is 15.3. The molecule has 5 aromatic carbocycles. The molecule has 0 N–H and O–H groups in total. The van der Waals surface area contributed by atoms with Crippen LogP contribution in [0.4, 0.5) is 0 Å². The molecule has 0 aliphatic rings. The summed E-state index contributed by atoms with van der Waals surface area (Å²) >= 11 is 0. The number of rotatable bonds is 10. The van der Waals surface area contributed by atoms with Crippen LogP contribution in [-0.2, 0) is 13.8 Å². The standard InChI is InChI=1S/C36H33O4P/c1-36(2,33(28-18-8-3-9-19-28)39-35(37)30-22-12-5-13-23-30)34(29-20-10-4-11-21-29)40-41(38,31-24-14-6-15-25-31)32-26-16-7-17-27-32/h3-27,33-34H,1-2H3. The number of ether oxygens (including phenoxy) is 1. The Morgan fingerprint density at radius 3 is 1.37 bits per heavy atom. The Balaban J connectivity index is 1.64. The van der Waals surface area contributed by atoms with Crippen molar-refractivity contribution in [1.82, 2.24) is 0 Å². The lowest BCUT2D eigenvalue weighted by molar-refractivity contribution is -0.0552. The molecular weight excluding hydrogens is 527 g/mol. The van der Waals surface area contributed by atoms with E-state index in [1.165, 1.54) is 0 Å². The van der Waals surface area contributed by atoms with E-state index in [1.807, 2.05) is 153 Å². The second-order valence-corrected chi connectivity index (χ2v) is 12.8. The third kappa shape index (κ3) is 6.25. The van der Waals surface area contributed by atoms with Crippen LogP contribution in [0.15, 0.2) is 152 Å². The summed E-state index contributed by atoms with van der Waals surface area (Å²) in [5, 5.41) is 1.20. The van der Waals surface area contributed by atoms with Crippen LogP contribution < -0.4 is 10.6 Å². The SMILES string of the molecule is CC(C)(C(OC(=O)c1ccccc1)c1ccccc1)C(OP(=O)(c1ccccc1)c1ccccc1)c1ccccc1. The number of carbonyl (C=O) groups excluding carboxylic acids is 1. The van der Waals surface area contributed by atoms with Crippen molar-refractivity contribution in [3.63, 3.8) is 0 Å². The van der Waals surface area contributed by atoms with Crippen LogP contribution in [-0.4, -0.2) is 5.97 Å². The molecule has 2 unspecified atom stereocenters.